The van der Waals surface area contributed by atoms with Crippen LogP contribution in [0.2, 0.25) is 10.0 Å². The first-order chi connectivity index (χ1) is 9.65. The maximum atomic E-state index is 6.09. The summed E-state index contributed by atoms with van der Waals surface area (Å²) in [5.41, 5.74) is 0. The van der Waals surface area contributed by atoms with Gasteiger partial charge in [0, 0.05) is 30.1 Å². The van der Waals surface area contributed by atoms with Crippen LogP contribution in [0, 0.1) is 0 Å². The Kier molecular flexibility index (Phi) is 3.68. The third-order valence-corrected chi connectivity index (χ3v) is 3.57. The number of halogens is 2. The summed E-state index contributed by atoms with van der Waals surface area (Å²) in [4.78, 5) is 8.87. The fourth-order valence-corrected chi connectivity index (χ4v) is 2.13. The van der Waals surface area contributed by atoms with Crippen LogP contribution in [-0.2, 0) is 0 Å². The van der Waals surface area contributed by atoms with Crippen LogP contribution >= 0.6 is 23.2 Å². The fourth-order valence-electron chi connectivity index (χ4n) is 1.82. The molecule has 0 atom stereocenters. The summed E-state index contributed by atoms with van der Waals surface area (Å²) in [6.07, 6.45) is 2.26. The van der Waals surface area contributed by atoms with E-state index in [1.165, 1.54) is 0 Å². The van der Waals surface area contributed by atoms with Crippen molar-refractivity contribution in [3.8, 4) is 11.6 Å². The minimum atomic E-state index is 0.445. The zero-order valence-electron chi connectivity index (χ0n) is 10.9. The Balaban J connectivity index is 1.93. The van der Waals surface area contributed by atoms with E-state index in [1.807, 2.05) is 7.05 Å². The molecule has 1 heterocycles. The lowest BCUT2D eigenvalue weighted by atomic mass is 10.3. The van der Waals surface area contributed by atoms with Gasteiger partial charge in [-0.15, -0.1) is 0 Å². The van der Waals surface area contributed by atoms with Crippen molar-refractivity contribution >= 4 is 29.0 Å². The van der Waals surface area contributed by atoms with Gasteiger partial charge in [0.15, 0.2) is 0 Å². The predicted molar refractivity (Wildman–Crippen MR) is 80.1 cm³/mol. The summed E-state index contributed by atoms with van der Waals surface area (Å²) in [6, 6.07) is 6.82. The Labute approximate surface area is 127 Å². The minimum absolute atomic E-state index is 0.445. The summed E-state index contributed by atoms with van der Waals surface area (Å²) >= 11 is 12.0. The van der Waals surface area contributed by atoms with Crippen molar-refractivity contribution in [1.29, 1.82) is 0 Å². The average Bonchev–Trinajstić information content (AvgIpc) is 3.27. The number of rotatable bonds is 4. The molecule has 0 aliphatic heterocycles. The van der Waals surface area contributed by atoms with E-state index in [-0.39, 0.29) is 0 Å². The fraction of sp³-hybridized carbons (Fsp3) is 0.286. The molecular weight excluding hydrogens is 297 g/mol. The number of aromatic nitrogens is 2. The monoisotopic (exact) mass is 309 g/mol. The van der Waals surface area contributed by atoms with E-state index < -0.39 is 0 Å². The molecule has 1 saturated carbocycles. The normalized spacial score (nSPS) is 14.2. The summed E-state index contributed by atoms with van der Waals surface area (Å²) in [7, 11) is 1.81. The summed E-state index contributed by atoms with van der Waals surface area (Å²) < 4.78 is 5.74. The van der Waals surface area contributed by atoms with Gasteiger partial charge in [0.25, 0.3) is 0 Å². The van der Waals surface area contributed by atoms with Crippen LogP contribution in [0.3, 0.4) is 0 Å². The molecule has 1 N–H and O–H groups in total. The Morgan fingerprint density at radius 3 is 2.70 bits per heavy atom. The summed E-state index contributed by atoms with van der Waals surface area (Å²) in [5, 5.41) is 4.07. The summed E-state index contributed by atoms with van der Waals surface area (Å²) in [5.74, 6) is 2.94. The number of nitrogens with one attached hydrogen (secondary N) is 1. The maximum absolute atomic E-state index is 6.09. The highest BCUT2D eigenvalue weighted by Gasteiger charge is 2.27. The molecule has 20 heavy (non-hydrogen) atoms. The Morgan fingerprint density at radius 2 is 2.00 bits per heavy atom. The van der Waals surface area contributed by atoms with Crippen LogP contribution < -0.4 is 10.1 Å². The Bertz CT molecular complexity index is 644. The van der Waals surface area contributed by atoms with Gasteiger partial charge in [-0.2, -0.15) is 4.98 Å². The second kappa shape index (κ2) is 5.46. The van der Waals surface area contributed by atoms with E-state index in [4.69, 9.17) is 27.9 Å². The first-order valence-electron chi connectivity index (χ1n) is 6.35. The van der Waals surface area contributed by atoms with E-state index in [9.17, 15) is 0 Å². The molecule has 2 aromatic rings. The number of benzene rings is 1. The number of anilines is 1. The molecule has 4 nitrogen and oxygen atoms in total. The molecular formula is C14H13Cl2N3O. The lowest BCUT2D eigenvalue weighted by molar-refractivity contribution is 0.459. The summed E-state index contributed by atoms with van der Waals surface area (Å²) in [6.45, 7) is 0. The van der Waals surface area contributed by atoms with Crippen molar-refractivity contribution in [3.63, 3.8) is 0 Å². The highest BCUT2D eigenvalue weighted by atomic mass is 35.5. The molecule has 0 radical (unpaired) electrons. The van der Waals surface area contributed by atoms with Crippen LogP contribution in [-0.4, -0.2) is 17.0 Å². The first-order valence-corrected chi connectivity index (χ1v) is 7.11. The van der Waals surface area contributed by atoms with Crippen molar-refractivity contribution in [2.45, 2.75) is 18.8 Å². The second-order valence-corrected chi connectivity index (χ2v) is 5.49. The molecule has 1 aromatic carbocycles. The van der Waals surface area contributed by atoms with Gasteiger partial charge in [-0.05, 0) is 25.0 Å². The number of hydrogen-bond acceptors (Lipinski definition) is 4. The highest BCUT2D eigenvalue weighted by molar-refractivity contribution is 6.34. The van der Waals surface area contributed by atoms with Gasteiger partial charge in [-0.1, -0.05) is 23.2 Å². The molecule has 104 valence electrons. The molecule has 0 saturated heterocycles. The third kappa shape index (κ3) is 2.97. The highest BCUT2D eigenvalue weighted by Crippen LogP contribution is 2.40. The predicted octanol–water partition coefficient (Wildman–Crippen LogP) is 4.49. The molecule has 0 unspecified atom stereocenters. The van der Waals surface area contributed by atoms with Crippen molar-refractivity contribution in [3.05, 3.63) is 40.1 Å². The van der Waals surface area contributed by atoms with Crippen molar-refractivity contribution in [2.24, 2.45) is 0 Å². The van der Waals surface area contributed by atoms with Gasteiger partial charge in [0.2, 0.25) is 5.88 Å². The second-order valence-electron chi connectivity index (χ2n) is 4.65. The minimum Gasteiger partial charge on any atom is -0.437 e. The molecule has 1 fully saturated rings. The van der Waals surface area contributed by atoms with Gasteiger partial charge in [0.05, 0.1) is 5.02 Å². The van der Waals surface area contributed by atoms with Gasteiger partial charge < -0.3 is 10.1 Å². The van der Waals surface area contributed by atoms with Gasteiger partial charge in [-0.3, -0.25) is 0 Å². The largest absolute Gasteiger partial charge is 0.437 e. The van der Waals surface area contributed by atoms with Crippen LogP contribution in [0.25, 0.3) is 0 Å². The smallest absolute Gasteiger partial charge is 0.224 e. The van der Waals surface area contributed by atoms with E-state index in [2.05, 4.69) is 15.3 Å². The molecule has 3 rings (SSSR count). The Hall–Kier alpha value is -1.52. The zero-order chi connectivity index (χ0) is 14.1. The molecule has 6 heteroatoms. The Morgan fingerprint density at radius 1 is 1.20 bits per heavy atom. The molecule has 1 aromatic heterocycles. The van der Waals surface area contributed by atoms with E-state index in [1.54, 1.807) is 24.3 Å². The number of ether oxygens (including phenoxy) is 1. The van der Waals surface area contributed by atoms with Crippen LogP contribution in [0.4, 0.5) is 5.82 Å². The van der Waals surface area contributed by atoms with Crippen LogP contribution in [0.1, 0.15) is 24.6 Å². The standard InChI is InChI=1S/C14H13Cl2N3O/c1-17-12-7-13(19-14(18-12)8-2-3-8)20-11-6-9(15)4-5-10(11)16/h4-8H,2-3H2,1H3,(H,17,18,19). The molecule has 0 spiro atoms. The molecule has 0 amide bonds. The third-order valence-electron chi connectivity index (χ3n) is 3.03. The quantitative estimate of drug-likeness (QED) is 0.903. The van der Waals surface area contributed by atoms with Gasteiger partial charge in [-0.25, -0.2) is 4.98 Å². The maximum Gasteiger partial charge on any atom is 0.224 e. The van der Waals surface area contributed by atoms with Crippen molar-refractivity contribution < 1.29 is 4.74 Å². The van der Waals surface area contributed by atoms with Crippen molar-refractivity contribution in [2.75, 3.05) is 12.4 Å². The lowest BCUT2D eigenvalue weighted by Gasteiger charge is -2.10. The average molecular weight is 310 g/mol. The number of nitrogens with zero attached hydrogens (tertiary/aromatic N) is 2. The molecule has 0 bridgehead atoms. The van der Waals surface area contributed by atoms with E-state index in [0.29, 0.717) is 27.6 Å². The van der Waals surface area contributed by atoms with E-state index >= 15 is 0 Å². The van der Waals surface area contributed by atoms with Crippen LogP contribution in [0.15, 0.2) is 24.3 Å². The SMILES string of the molecule is CNc1cc(Oc2cc(Cl)ccc2Cl)nc(C2CC2)n1. The van der Waals surface area contributed by atoms with E-state index in [0.717, 1.165) is 24.5 Å². The van der Waals surface area contributed by atoms with Crippen LogP contribution in [0.5, 0.6) is 11.6 Å². The van der Waals surface area contributed by atoms with Gasteiger partial charge in [0.1, 0.15) is 17.4 Å². The molecule has 1 aliphatic rings. The van der Waals surface area contributed by atoms with Gasteiger partial charge >= 0.3 is 0 Å². The first kappa shape index (κ1) is 13.5. The number of hydrogen-bond donors (Lipinski definition) is 1. The van der Waals surface area contributed by atoms with Crippen molar-refractivity contribution in [1.82, 2.24) is 9.97 Å². The molecule has 1 aliphatic carbocycles. The topological polar surface area (TPSA) is 47.0 Å². The zero-order valence-corrected chi connectivity index (χ0v) is 12.4. The lowest BCUT2D eigenvalue weighted by Crippen LogP contribution is -2.01.